The molecule has 0 bridgehead atoms. The normalized spacial score (nSPS) is 15.8. The highest BCUT2D eigenvalue weighted by Crippen LogP contribution is 2.28. The monoisotopic (exact) mass is 297 g/mol. The fourth-order valence-electron chi connectivity index (χ4n) is 3.15. The number of anilines is 1. The summed E-state index contributed by atoms with van der Waals surface area (Å²) in [5.41, 5.74) is 2.30. The molecule has 22 heavy (non-hydrogen) atoms. The van der Waals surface area contributed by atoms with Gasteiger partial charge in [0.25, 0.3) is 0 Å². The highest BCUT2D eigenvalue weighted by molar-refractivity contribution is 5.37. The highest BCUT2D eigenvalue weighted by atomic mass is 16.5. The Morgan fingerprint density at radius 2 is 1.95 bits per heavy atom. The Bertz CT molecular complexity index is 621. The Kier molecular flexibility index (Phi) is 4.56. The number of rotatable bonds is 4. The van der Waals surface area contributed by atoms with Gasteiger partial charge in [-0.15, -0.1) is 0 Å². The van der Waals surface area contributed by atoms with Crippen LogP contribution in [0.2, 0.25) is 0 Å². The first-order valence-corrected chi connectivity index (χ1v) is 7.92. The molecule has 0 atom stereocenters. The van der Waals surface area contributed by atoms with Crippen molar-refractivity contribution in [2.24, 2.45) is 5.92 Å². The second-order valence-electron chi connectivity index (χ2n) is 5.97. The van der Waals surface area contributed by atoms with Gasteiger partial charge in [-0.3, -0.25) is 4.98 Å². The zero-order valence-corrected chi connectivity index (χ0v) is 13.3. The molecule has 1 saturated heterocycles. The topological polar surface area (TPSA) is 38.2 Å². The molecule has 1 fully saturated rings. The number of hydrogen-bond donors (Lipinski definition) is 0. The fraction of sp³-hybridized carbons (Fsp3) is 0.444. The van der Waals surface area contributed by atoms with E-state index in [2.05, 4.69) is 27.0 Å². The molecule has 0 spiro atoms. The van der Waals surface area contributed by atoms with Gasteiger partial charge in [-0.05, 0) is 43.7 Å². The molecule has 1 aliphatic heterocycles. The lowest BCUT2D eigenvalue weighted by Gasteiger charge is -2.33. The summed E-state index contributed by atoms with van der Waals surface area (Å²) in [6.07, 6.45) is 7.14. The van der Waals surface area contributed by atoms with Gasteiger partial charge < -0.3 is 9.64 Å². The van der Waals surface area contributed by atoms with Gasteiger partial charge in [0.1, 0.15) is 11.6 Å². The van der Waals surface area contributed by atoms with Crippen molar-refractivity contribution in [3.05, 3.63) is 47.9 Å². The molecule has 3 rings (SSSR count). The number of aryl methyl sites for hydroxylation is 1. The molecule has 4 heteroatoms. The first kappa shape index (κ1) is 14.8. The van der Waals surface area contributed by atoms with Crippen molar-refractivity contribution in [1.29, 1.82) is 0 Å². The van der Waals surface area contributed by atoms with Gasteiger partial charge in [0.15, 0.2) is 0 Å². The molecule has 2 aromatic rings. The second kappa shape index (κ2) is 6.77. The average molecular weight is 297 g/mol. The number of benzene rings is 1. The maximum atomic E-state index is 5.46. The van der Waals surface area contributed by atoms with Crippen LogP contribution in [0.15, 0.2) is 36.7 Å². The number of hydrogen-bond acceptors (Lipinski definition) is 4. The zero-order valence-electron chi connectivity index (χ0n) is 13.3. The molecule has 1 aliphatic rings. The molecule has 0 radical (unpaired) electrons. The highest BCUT2D eigenvalue weighted by Gasteiger charge is 2.21. The van der Waals surface area contributed by atoms with Gasteiger partial charge in [0.05, 0.1) is 19.0 Å². The number of para-hydroxylation sites is 1. The van der Waals surface area contributed by atoms with Crippen molar-refractivity contribution in [1.82, 2.24) is 9.97 Å². The van der Waals surface area contributed by atoms with Crippen LogP contribution < -0.4 is 9.64 Å². The molecule has 0 saturated carbocycles. The van der Waals surface area contributed by atoms with Crippen LogP contribution in [-0.2, 0) is 6.42 Å². The summed E-state index contributed by atoms with van der Waals surface area (Å²) in [6.45, 7) is 4.10. The van der Waals surface area contributed by atoms with E-state index in [0.29, 0.717) is 5.92 Å². The minimum atomic E-state index is 0.713. The standard InChI is InChI=1S/C18H23N3O/c1-14-12-19-13-18(20-14)21-9-7-15(8-10-21)11-16-5-3-4-6-17(16)22-2/h3-6,12-13,15H,7-11H2,1-2H3. The lowest BCUT2D eigenvalue weighted by atomic mass is 9.90. The largest absolute Gasteiger partial charge is 0.496 e. The van der Waals surface area contributed by atoms with Crippen LogP contribution in [0.25, 0.3) is 0 Å². The van der Waals surface area contributed by atoms with Crippen molar-refractivity contribution in [3.63, 3.8) is 0 Å². The first-order chi connectivity index (χ1) is 10.8. The number of ether oxygens (including phenoxy) is 1. The van der Waals surface area contributed by atoms with E-state index in [4.69, 9.17) is 4.74 Å². The first-order valence-electron chi connectivity index (χ1n) is 7.92. The molecule has 116 valence electrons. The molecule has 1 aromatic carbocycles. The van der Waals surface area contributed by atoms with Crippen LogP contribution in [0.4, 0.5) is 5.82 Å². The molecule has 0 unspecified atom stereocenters. The molecule has 0 aliphatic carbocycles. The Labute approximate surface area is 132 Å². The fourth-order valence-corrected chi connectivity index (χ4v) is 3.15. The van der Waals surface area contributed by atoms with E-state index in [-0.39, 0.29) is 0 Å². The van der Waals surface area contributed by atoms with Crippen LogP contribution in [0, 0.1) is 12.8 Å². The van der Waals surface area contributed by atoms with Crippen molar-refractivity contribution >= 4 is 5.82 Å². The van der Waals surface area contributed by atoms with E-state index >= 15 is 0 Å². The third-order valence-electron chi connectivity index (χ3n) is 4.38. The van der Waals surface area contributed by atoms with Crippen LogP contribution >= 0.6 is 0 Å². The molecule has 4 nitrogen and oxygen atoms in total. The van der Waals surface area contributed by atoms with Crippen molar-refractivity contribution in [2.75, 3.05) is 25.1 Å². The minimum absolute atomic E-state index is 0.713. The van der Waals surface area contributed by atoms with Crippen LogP contribution in [-0.4, -0.2) is 30.2 Å². The quantitative estimate of drug-likeness (QED) is 0.868. The maximum absolute atomic E-state index is 5.46. The summed E-state index contributed by atoms with van der Waals surface area (Å²) in [7, 11) is 1.75. The van der Waals surface area contributed by atoms with Crippen molar-refractivity contribution in [2.45, 2.75) is 26.2 Å². The summed E-state index contributed by atoms with van der Waals surface area (Å²) in [4.78, 5) is 11.2. The van der Waals surface area contributed by atoms with Gasteiger partial charge in [-0.1, -0.05) is 18.2 Å². The predicted octanol–water partition coefficient (Wildman–Crippen LogP) is 3.25. The number of nitrogens with zero attached hydrogens (tertiary/aromatic N) is 3. The van der Waals surface area contributed by atoms with Crippen LogP contribution in [0.5, 0.6) is 5.75 Å². The van der Waals surface area contributed by atoms with E-state index in [9.17, 15) is 0 Å². The molecule has 0 amide bonds. The third-order valence-corrected chi connectivity index (χ3v) is 4.38. The average Bonchev–Trinajstić information content (AvgIpc) is 2.56. The lowest BCUT2D eigenvalue weighted by Crippen LogP contribution is -2.35. The summed E-state index contributed by atoms with van der Waals surface area (Å²) in [6, 6.07) is 8.35. The SMILES string of the molecule is COc1ccccc1CC1CCN(c2cncc(C)n2)CC1. The summed E-state index contributed by atoms with van der Waals surface area (Å²) in [5.74, 6) is 2.73. The van der Waals surface area contributed by atoms with Crippen molar-refractivity contribution < 1.29 is 4.74 Å². The Morgan fingerprint density at radius 1 is 1.18 bits per heavy atom. The van der Waals surface area contributed by atoms with Gasteiger partial charge in [-0.2, -0.15) is 0 Å². The van der Waals surface area contributed by atoms with Crippen molar-refractivity contribution in [3.8, 4) is 5.75 Å². The zero-order chi connectivity index (χ0) is 15.4. The Hall–Kier alpha value is -2.10. The Balaban J connectivity index is 1.60. The molecular weight excluding hydrogens is 274 g/mol. The molecule has 2 heterocycles. The number of methoxy groups -OCH3 is 1. The van der Waals surface area contributed by atoms with Crippen LogP contribution in [0.1, 0.15) is 24.1 Å². The minimum Gasteiger partial charge on any atom is -0.496 e. The van der Waals surface area contributed by atoms with Gasteiger partial charge in [0.2, 0.25) is 0 Å². The van der Waals surface area contributed by atoms with Gasteiger partial charge in [0, 0.05) is 19.3 Å². The van der Waals surface area contributed by atoms with Gasteiger partial charge >= 0.3 is 0 Å². The maximum Gasteiger partial charge on any atom is 0.147 e. The lowest BCUT2D eigenvalue weighted by molar-refractivity contribution is 0.380. The predicted molar refractivity (Wildman–Crippen MR) is 88.4 cm³/mol. The van der Waals surface area contributed by atoms with E-state index < -0.39 is 0 Å². The van der Waals surface area contributed by atoms with E-state index in [1.165, 1.54) is 18.4 Å². The van der Waals surface area contributed by atoms with Gasteiger partial charge in [-0.25, -0.2) is 4.98 Å². The number of aromatic nitrogens is 2. The Morgan fingerprint density at radius 3 is 2.68 bits per heavy atom. The summed E-state index contributed by atoms with van der Waals surface area (Å²) in [5, 5.41) is 0. The van der Waals surface area contributed by atoms with E-state index in [0.717, 1.165) is 36.8 Å². The molecule has 0 N–H and O–H groups in total. The second-order valence-corrected chi connectivity index (χ2v) is 5.97. The van der Waals surface area contributed by atoms with E-state index in [1.54, 1.807) is 13.3 Å². The van der Waals surface area contributed by atoms with Crippen LogP contribution in [0.3, 0.4) is 0 Å². The van der Waals surface area contributed by atoms with E-state index in [1.807, 2.05) is 25.3 Å². The molecular formula is C18H23N3O. The summed E-state index contributed by atoms with van der Waals surface area (Å²) >= 11 is 0. The molecule has 1 aromatic heterocycles. The number of piperidine rings is 1. The third kappa shape index (κ3) is 3.38. The summed E-state index contributed by atoms with van der Waals surface area (Å²) < 4.78 is 5.46. The smallest absolute Gasteiger partial charge is 0.147 e.